The van der Waals surface area contributed by atoms with Crippen molar-refractivity contribution in [3.05, 3.63) is 34.7 Å². The summed E-state index contributed by atoms with van der Waals surface area (Å²) in [6, 6.07) is 7.15. The standard InChI is InChI=1S/C20H30N4O3/c1-15(2)14-16(3)21-19(25)24-18-7-5-4-6-17(18)23(20(24)26)9-8-22-10-12-27-13-11-22/h4-7,15-16H,8-14H2,1-3H3,(H,21,25). The van der Waals surface area contributed by atoms with Crippen molar-refractivity contribution in [2.24, 2.45) is 5.92 Å². The van der Waals surface area contributed by atoms with Crippen molar-refractivity contribution in [3.63, 3.8) is 0 Å². The van der Waals surface area contributed by atoms with Crippen LogP contribution in [0.25, 0.3) is 11.0 Å². The zero-order valence-electron chi connectivity index (χ0n) is 16.5. The first kappa shape index (κ1) is 19.6. The minimum absolute atomic E-state index is 0.0138. The quantitative estimate of drug-likeness (QED) is 0.841. The van der Waals surface area contributed by atoms with Crippen LogP contribution in [0.2, 0.25) is 0 Å². The van der Waals surface area contributed by atoms with Crippen molar-refractivity contribution in [1.82, 2.24) is 19.4 Å². The highest BCUT2D eigenvalue weighted by Gasteiger charge is 2.20. The normalized spacial score (nSPS) is 16.7. The molecule has 0 bridgehead atoms. The number of imidazole rings is 1. The summed E-state index contributed by atoms with van der Waals surface area (Å²) in [6.07, 6.45) is 0.871. The van der Waals surface area contributed by atoms with Crippen LogP contribution in [-0.2, 0) is 11.3 Å². The Labute approximate surface area is 159 Å². The number of hydrogen-bond donors (Lipinski definition) is 1. The van der Waals surface area contributed by atoms with Gasteiger partial charge in [0.15, 0.2) is 0 Å². The number of para-hydroxylation sites is 2. The topological polar surface area (TPSA) is 68.5 Å². The number of benzene rings is 1. The molecule has 0 radical (unpaired) electrons. The van der Waals surface area contributed by atoms with Crippen molar-refractivity contribution >= 4 is 17.1 Å². The van der Waals surface area contributed by atoms with Gasteiger partial charge in [-0.15, -0.1) is 0 Å². The van der Waals surface area contributed by atoms with Gasteiger partial charge < -0.3 is 10.1 Å². The summed E-state index contributed by atoms with van der Waals surface area (Å²) in [5.74, 6) is 0.479. The second-order valence-electron chi connectivity index (χ2n) is 7.69. The maximum atomic E-state index is 13.0. The number of morpholine rings is 1. The average Bonchev–Trinajstić information content (AvgIpc) is 2.91. The van der Waals surface area contributed by atoms with Crippen LogP contribution in [0.15, 0.2) is 29.1 Å². The maximum absolute atomic E-state index is 13.0. The largest absolute Gasteiger partial charge is 0.379 e. The molecule has 1 N–H and O–H groups in total. The van der Waals surface area contributed by atoms with Crippen LogP contribution in [0.3, 0.4) is 0 Å². The van der Waals surface area contributed by atoms with Crippen molar-refractivity contribution in [1.29, 1.82) is 0 Å². The lowest BCUT2D eigenvalue weighted by Gasteiger charge is -2.26. The highest BCUT2D eigenvalue weighted by molar-refractivity contribution is 5.89. The molecule has 1 aliphatic rings. The molecule has 1 atom stereocenters. The second kappa shape index (κ2) is 8.71. The van der Waals surface area contributed by atoms with E-state index in [2.05, 4.69) is 24.1 Å². The number of nitrogens with one attached hydrogen (secondary N) is 1. The van der Waals surface area contributed by atoms with Crippen LogP contribution in [0.4, 0.5) is 4.79 Å². The number of fused-ring (bicyclic) bond motifs is 1. The van der Waals surface area contributed by atoms with E-state index in [1.165, 1.54) is 4.57 Å². The third kappa shape index (κ3) is 4.59. The number of aromatic nitrogens is 2. The molecule has 1 saturated heterocycles. The lowest BCUT2D eigenvalue weighted by molar-refractivity contribution is 0.0364. The van der Waals surface area contributed by atoms with E-state index >= 15 is 0 Å². The van der Waals surface area contributed by atoms with Gasteiger partial charge in [0.05, 0.1) is 24.2 Å². The van der Waals surface area contributed by atoms with Gasteiger partial charge in [-0.2, -0.15) is 0 Å². The van der Waals surface area contributed by atoms with Crippen LogP contribution in [0.1, 0.15) is 27.2 Å². The van der Waals surface area contributed by atoms with E-state index in [0.717, 1.165) is 44.8 Å². The highest BCUT2D eigenvalue weighted by atomic mass is 16.5. The van der Waals surface area contributed by atoms with E-state index < -0.39 is 0 Å². The van der Waals surface area contributed by atoms with Crippen molar-refractivity contribution in [2.75, 3.05) is 32.8 Å². The Kier molecular flexibility index (Phi) is 6.34. The minimum atomic E-state index is -0.352. The number of nitrogens with zero attached hydrogens (tertiary/aromatic N) is 3. The SMILES string of the molecule is CC(C)CC(C)NC(=O)n1c(=O)n(CCN2CCOCC2)c2ccccc21. The van der Waals surface area contributed by atoms with Crippen molar-refractivity contribution < 1.29 is 9.53 Å². The van der Waals surface area contributed by atoms with Gasteiger partial charge in [-0.1, -0.05) is 26.0 Å². The number of carbonyl (C=O) groups excluding carboxylic acids is 1. The van der Waals surface area contributed by atoms with E-state index in [-0.39, 0.29) is 17.8 Å². The number of hydrogen-bond acceptors (Lipinski definition) is 4. The van der Waals surface area contributed by atoms with Crippen LogP contribution < -0.4 is 11.0 Å². The Morgan fingerprint density at radius 1 is 1.11 bits per heavy atom. The molecular weight excluding hydrogens is 344 g/mol. The predicted octanol–water partition coefficient (Wildman–Crippen LogP) is 2.13. The second-order valence-corrected chi connectivity index (χ2v) is 7.69. The summed E-state index contributed by atoms with van der Waals surface area (Å²) in [7, 11) is 0. The minimum Gasteiger partial charge on any atom is -0.379 e. The van der Waals surface area contributed by atoms with E-state index in [1.807, 2.05) is 31.2 Å². The molecule has 0 spiro atoms. The van der Waals surface area contributed by atoms with Crippen LogP contribution in [0, 0.1) is 5.92 Å². The molecule has 0 saturated carbocycles. The summed E-state index contributed by atoms with van der Waals surface area (Å²) >= 11 is 0. The Hall–Kier alpha value is -2.12. The summed E-state index contributed by atoms with van der Waals surface area (Å²) in [6.45, 7) is 10.7. The molecule has 27 heavy (non-hydrogen) atoms. The molecule has 1 amide bonds. The molecular formula is C20H30N4O3. The zero-order chi connectivity index (χ0) is 19.4. The molecule has 1 aromatic heterocycles. The fourth-order valence-corrected chi connectivity index (χ4v) is 3.73. The molecule has 0 aliphatic carbocycles. The molecule has 1 fully saturated rings. The zero-order valence-corrected chi connectivity index (χ0v) is 16.5. The molecule has 3 rings (SSSR count). The summed E-state index contributed by atoms with van der Waals surface area (Å²) in [5, 5.41) is 2.96. The Balaban J connectivity index is 1.84. The maximum Gasteiger partial charge on any atom is 0.337 e. The molecule has 148 valence electrons. The van der Waals surface area contributed by atoms with Crippen molar-refractivity contribution in [2.45, 2.75) is 39.8 Å². The van der Waals surface area contributed by atoms with Gasteiger partial charge in [0, 0.05) is 32.2 Å². The van der Waals surface area contributed by atoms with Gasteiger partial charge in [-0.25, -0.2) is 14.2 Å². The number of ether oxygens (including phenoxy) is 1. The first-order valence-corrected chi connectivity index (χ1v) is 9.78. The highest BCUT2D eigenvalue weighted by Crippen LogP contribution is 2.13. The van der Waals surface area contributed by atoms with E-state index in [1.54, 1.807) is 4.57 Å². The van der Waals surface area contributed by atoms with E-state index in [0.29, 0.717) is 18.0 Å². The average molecular weight is 374 g/mol. The first-order chi connectivity index (χ1) is 13.0. The van der Waals surface area contributed by atoms with Crippen LogP contribution in [0.5, 0.6) is 0 Å². The lowest BCUT2D eigenvalue weighted by atomic mass is 10.1. The molecule has 1 aromatic carbocycles. The number of amides is 1. The molecule has 7 nitrogen and oxygen atoms in total. The monoisotopic (exact) mass is 374 g/mol. The first-order valence-electron chi connectivity index (χ1n) is 9.78. The summed E-state index contributed by atoms with van der Waals surface area (Å²) < 4.78 is 8.35. The van der Waals surface area contributed by atoms with Gasteiger partial charge in [0.1, 0.15) is 0 Å². The predicted molar refractivity (Wildman–Crippen MR) is 106 cm³/mol. The van der Waals surface area contributed by atoms with E-state index in [4.69, 9.17) is 4.74 Å². The molecule has 1 unspecified atom stereocenters. The molecule has 7 heteroatoms. The smallest absolute Gasteiger partial charge is 0.337 e. The summed E-state index contributed by atoms with van der Waals surface area (Å²) in [5.41, 5.74) is 1.17. The molecule has 1 aliphatic heterocycles. The molecule has 2 aromatic rings. The molecule has 2 heterocycles. The van der Waals surface area contributed by atoms with Gasteiger partial charge in [0.25, 0.3) is 0 Å². The lowest BCUT2D eigenvalue weighted by Crippen LogP contribution is -2.42. The number of rotatable bonds is 6. The summed E-state index contributed by atoms with van der Waals surface area (Å²) in [4.78, 5) is 28.1. The van der Waals surface area contributed by atoms with Crippen LogP contribution in [-0.4, -0.2) is 59.0 Å². The van der Waals surface area contributed by atoms with Gasteiger partial charge in [0.2, 0.25) is 0 Å². The van der Waals surface area contributed by atoms with Crippen molar-refractivity contribution in [3.8, 4) is 0 Å². The fourth-order valence-electron chi connectivity index (χ4n) is 3.73. The van der Waals surface area contributed by atoms with Gasteiger partial charge in [-0.3, -0.25) is 9.47 Å². The van der Waals surface area contributed by atoms with Crippen LogP contribution >= 0.6 is 0 Å². The number of carbonyl (C=O) groups is 1. The third-order valence-corrected chi connectivity index (χ3v) is 4.98. The Morgan fingerprint density at radius 2 is 1.78 bits per heavy atom. The third-order valence-electron chi connectivity index (χ3n) is 4.98. The van der Waals surface area contributed by atoms with Gasteiger partial charge in [-0.05, 0) is 31.4 Å². The fraction of sp³-hybridized carbons (Fsp3) is 0.600. The van der Waals surface area contributed by atoms with Gasteiger partial charge >= 0.3 is 11.7 Å². The Bertz CT molecular complexity index is 833. The Morgan fingerprint density at radius 3 is 2.44 bits per heavy atom. The van der Waals surface area contributed by atoms with E-state index in [9.17, 15) is 9.59 Å².